The maximum Gasteiger partial charge on any atom is 0.379 e. The highest BCUT2D eigenvalue weighted by molar-refractivity contribution is 5.87. The second kappa shape index (κ2) is 5.49. The van der Waals surface area contributed by atoms with Crippen molar-refractivity contribution < 1.29 is 28.2 Å². The molecule has 0 spiro atoms. The zero-order valence-electron chi connectivity index (χ0n) is 13.2. The van der Waals surface area contributed by atoms with Crippen molar-refractivity contribution in [3.63, 3.8) is 0 Å². The molecule has 2 aromatic heterocycles. The Kier molecular flexibility index (Phi) is 3.40. The molecule has 0 saturated heterocycles. The van der Waals surface area contributed by atoms with Gasteiger partial charge in [-0.05, 0) is 24.3 Å². The largest absolute Gasteiger partial charge is 0.469 e. The van der Waals surface area contributed by atoms with Gasteiger partial charge in [0.2, 0.25) is 0 Å². The normalized spacial score (nSPS) is 22.2. The number of methoxy groups -OCH3 is 1. The highest BCUT2D eigenvalue weighted by Crippen LogP contribution is 2.45. The van der Waals surface area contributed by atoms with Crippen LogP contribution in [0.15, 0.2) is 56.3 Å². The lowest BCUT2D eigenvalue weighted by Crippen LogP contribution is -2.50. The molecule has 128 valence electrons. The van der Waals surface area contributed by atoms with Gasteiger partial charge < -0.3 is 23.4 Å². The zero-order valence-corrected chi connectivity index (χ0v) is 13.2. The van der Waals surface area contributed by atoms with Crippen LogP contribution in [0, 0.1) is 0 Å². The predicted octanol–water partition coefficient (Wildman–Crippen LogP) is 2.16. The van der Waals surface area contributed by atoms with Crippen LogP contribution in [0.5, 0.6) is 5.75 Å². The van der Waals surface area contributed by atoms with Crippen molar-refractivity contribution in [3.8, 4) is 5.75 Å². The van der Waals surface area contributed by atoms with E-state index in [2.05, 4.69) is 4.74 Å². The topological polar surface area (TPSA) is 99.1 Å². The first-order valence-electron chi connectivity index (χ1n) is 7.62. The first-order valence-corrected chi connectivity index (χ1v) is 7.62. The van der Waals surface area contributed by atoms with Crippen LogP contribution >= 0.6 is 0 Å². The number of carbonyl (C=O) groups excluding carboxylic acids is 1. The summed E-state index contributed by atoms with van der Waals surface area (Å²) in [5.74, 6) is -3.41. The Morgan fingerprint density at radius 3 is 2.80 bits per heavy atom. The number of rotatable bonds is 2. The van der Waals surface area contributed by atoms with E-state index >= 15 is 0 Å². The Hall–Kier alpha value is -3.06. The summed E-state index contributed by atoms with van der Waals surface area (Å²) in [6.07, 6.45) is 1.22. The fraction of sp³-hybridized carbons (Fsp3) is 0.222. The van der Waals surface area contributed by atoms with Gasteiger partial charge in [-0.3, -0.25) is 0 Å². The van der Waals surface area contributed by atoms with E-state index in [-0.39, 0.29) is 17.7 Å². The first-order chi connectivity index (χ1) is 12.0. The van der Waals surface area contributed by atoms with Gasteiger partial charge in [0.05, 0.1) is 30.2 Å². The van der Waals surface area contributed by atoms with Gasteiger partial charge in [-0.25, -0.2) is 9.59 Å². The van der Waals surface area contributed by atoms with Crippen LogP contribution in [0.3, 0.4) is 0 Å². The number of aliphatic hydroxyl groups is 1. The molecule has 3 heterocycles. The van der Waals surface area contributed by atoms with Crippen molar-refractivity contribution in [3.05, 3.63) is 64.4 Å². The Morgan fingerprint density at radius 2 is 2.08 bits per heavy atom. The molecular weight excluding hydrogens is 328 g/mol. The van der Waals surface area contributed by atoms with Crippen molar-refractivity contribution in [2.75, 3.05) is 7.11 Å². The predicted molar refractivity (Wildman–Crippen MR) is 85.2 cm³/mol. The third kappa shape index (κ3) is 2.32. The minimum absolute atomic E-state index is 0.0902. The molecule has 0 bridgehead atoms. The van der Waals surface area contributed by atoms with Gasteiger partial charge in [0.15, 0.2) is 0 Å². The average Bonchev–Trinajstić information content (AvgIpc) is 3.15. The summed E-state index contributed by atoms with van der Waals surface area (Å²) in [6.45, 7) is 0. The van der Waals surface area contributed by atoms with Crippen LogP contribution in [0.1, 0.15) is 23.7 Å². The third-order valence-corrected chi connectivity index (χ3v) is 4.29. The monoisotopic (exact) mass is 342 g/mol. The number of esters is 1. The Balaban J connectivity index is 2.02. The fourth-order valence-corrected chi connectivity index (χ4v) is 3.15. The second-order valence-electron chi connectivity index (χ2n) is 5.78. The zero-order chi connectivity index (χ0) is 17.6. The molecule has 7 heteroatoms. The molecule has 1 N–H and O–H groups in total. The van der Waals surface area contributed by atoms with E-state index in [0.717, 1.165) is 7.11 Å². The van der Waals surface area contributed by atoms with Crippen molar-refractivity contribution >= 4 is 16.9 Å². The molecule has 1 unspecified atom stereocenters. The molecule has 0 fully saturated rings. The number of hydrogen-bond donors (Lipinski definition) is 1. The minimum atomic E-state index is -2.24. The molecule has 0 amide bonds. The van der Waals surface area contributed by atoms with E-state index in [9.17, 15) is 14.7 Å². The van der Waals surface area contributed by atoms with Crippen molar-refractivity contribution in [2.45, 2.75) is 18.1 Å². The van der Waals surface area contributed by atoms with Crippen LogP contribution in [-0.2, 0) is 9.53 Å². The maximum atomic E-state index is 12.5. The number of carbonyl (C=O) groups is 1. The minimum Gasteiger partial charge on any atom is -0.469 e. The summed E-state index contributed by atoms with van der Waals surface area (Å²) in [4.78, 5) is 24.7. The van der Waals surface area contributed by atoms with Crippen LogP contribution < -0.4 is 10.4 Å². The van der Waals surface area contributed by atoms with Gasteiger partial charge in [0, 0.05) is 6.42 Å². The van der Waals surface area contributed by atoms with Crippen molar-refractivity contribution in [1.82, 2.24) is 0 Å². The van der Waals surface area contributed by atoms with E-state index < -0.39 is 23.3 Å². The van der Waals surface area contributed by atoms with Crippen molar-refractivity contribution in [1.29, 1.82) is 0 Å². The number of ether oxygens (including phenoxy) is 2. The number of furan rings is 1. The van der Waals surface area contributed by atoms with Crippen LogP contribution in [0.4, 0.5) is 0 Å². The first kappa shape index (κ1) is 15.5. The molecule has 1 aromatic carbocycles. The molecule has 0 radical (unpaired) electrons. The number of hydrogen-bond acceptors (Lipinski definition) is 7. The molecular formula is C18H14O7. The van der Waals surface area contributed by atoms with Gasteiger partial charge >= 0.3 is 17.4 Å². The van der Waals surface area contributed by atoms with Gasteiger partial charge in [-0.2, -0.15) is 0 Å². The number of benzene rings is 1. The SMILES string of the molecule is COC(=O)C1(O)C[C@H](c2ccco2)c2c(c3ccccc3oc2=O)O1. The summed E-state index contributed by atoms with van der Waals surface area (Å²) < 4.78 is 21.0. The summed E-state index contributed by atoms with van der Waals surface area (Å²) in [6, 6.07) is 10.0. The summed E-state index contributed by atoms with van der Waals surface area (Å²) in [5.41, 5.74) is -0.122. The highest BCUT2D eigenvalue weighted by atomic mass is 16.7. The smallest absolute Gasteiger partial charge is 0.379 e. The van der Waals surface area contributed by atoms with E-state index in [1.165, 1.54) is 6.26 Å². The standard InChI is InChI=1S/C18H14O7/c1-22-17(20)18(21)9-11(12-7-4-8-23-12)14-15(25-18)10-5-2-3-6-13(10)24-16(14)19/h2-8,11,21H,9H2,1H3/t11-,18?/m1/s1. The van der Waals surface area contributed by atoms with E-state index in [4.69, 9.17) is 13.6 Å². The summed E-state index contributed by atoms with van der Waals surface area (Å²) in [7, 11) is 1.15. The van der Waals surface area contributed by atoms with E-state index in [1.54, 1.807) is 36.4 Å². The molecule has 0 aliphatic carbocycles. The Morgan fingerprint density at radius 1 is 1.28 bits per heavy atom. The van der Waals surface area contributed by atoms with Crippen LogP contribution in [0.2, 0.25) is 0 Å². The summed E-state index contributed by atoms with van der Waals surface area (Å²) >= 11 is 0. The molecule has 25 heavy (non-hydrogen) atoms. The third-order valence-electron chi connectivity index (χ3n) is 4.29. The highest BCUT2D eigenvalue weighted by Gasteiger charge is 2.50. The molecule has 3 aromatic rings. The summed E-state index contributed by atoms with van der Waals surface area (Å²) in [5, 5.41) is 11.2. The number of fused-ring (bicyclic) bond motifs is 3. The Bertz CT molecular complexity index is 1000. The lowest BCUT2D eigenvalue weighted by Gasteiger charge is -2.35. The quantitative estimate of drug-likeness (QED) is 0.563. The van der Waals surface area contributed by atoms with Gasteiger partial charge in [0.25, 0.3) is 0 Å². The number of para-hydroxylation sites is 1. The van der Waals surface area contributed by atoms with Gasteiger partial charge in [-0.1, -0.05) is 12.1 Å². The van der Waals surface area contributed by atoms with Crippen LogP contribution in [0.25, 0.3) is 11.0 Å². The Labute approximate surface area is 141 Å². The van der Waals surface area contributed by atoms with Gasteiger partial charge in [0.1, 0.15) is 17.1 Å². The van der Waals surface area contributed by atoms with Crippen molar-refractivity contribution in [2.24, 2.45) is 0 Å². The van der Waals surface area contributed by atoms with E-state index in [0.29, 0.717) is 16.7 Å². The average molecular weight is 342 g/mol. The molecule has 4 rings (SSSR count). The molecule has 0 saturated carbocycles. The maximum absolute atomic E-state index is 12.5. The second-order valence-corrected chi connectivity index (χ2v) is 5.78. The van der Waals surface area contributed by atoms with Crippen LogP contribution in [-0.4, -0.2) is 24.0 Å². The van der Waals surface area contributed by atoms with E-state index in [1.807, 2.05) is 0 Å². The fourth-order valence-electron chi connectivity index (χ4n) is 3.15. The lowest BCUT2D eigenvalue weighted by atomic mass is 9.86. The molecule has 2 atom stereocenters. The lowest BCUT2D eigenvalue weighted by molar-refractivity contribution is -0.203. The molecule has 1 aliphatic heterocycles. The molecule has 7 nitrogen and oxygen atoms in total. The molecule has 1 aliphatic rings. The van der Waals surface area contributed by atoms with Gasteiger partial charge in [-0.15, -0.1) is 0 Å².